The van der Waals surface area contributed by atoms with E-state index in [0.29, 0.717) is 12.5 Å². The number of hydrogen-bond donors (Lipinski definition) is 1. The first-order valence-electron chi connectivity index (χ1n) is 8.28. The van der Waals surface area contributed by atoms with Crippen LogP contribution in [0.4, 0.5) is 4.79 Å². The van der Waals surface area contributed by atoms with Gasteiger partial charge < -0.3 is 14.9 Å². The first-order valence-corrected chi connectivity index (χ1v) is 8.28. The number of amides is 2. The average molecular weight is 294 g/mol. The van der Waals surface area contributed by atoms with Gasteiger partial charge in [-0.3, -0.25) is 4.79 Å². The van der Waals surface area contributed by atoms with Crippen LogP contribution in [0.15, 0.2) is 0 Å². The van der Waals surface area contributed by atoms with Gasteiger partial charge in [-0.05, 0) is 49.9 Å². The van der Waals surface area contributed by atoms with Crippen molar-refractivity contribution in [1.29, 1.82) is 0 Å². The predicted molar refractivity (Wildman–Crippen MR) is 78.9 cm³/mol. The molecule has 0 aromatic rings. The van der Waals surface area contributed by atoms with E-state index in [1.807, 2.05) is 11.9 Å². The highest BCUT2D eigenvalue weighted by Gasteiger charge is 2.41. The van der Waals surface area contributed by atoms with Gasteiger partial charge in [-0.1, -0.05) is 6.42 Å². The zero-order chi connectivity index (χ0) is 15.0. The molecule has 3 rings (SSSR count). The van der Waals surface area contributed by atoms with Crippen LogP contribution in [0.3, 0.4) is 0 Å². The van der Waals surface area contributed by atoms with Crippen LogP contribution in [-0.4, -0.2) is 53.1 Å². The molecule has 0 radical (unpaired) electrons. The molecule has 118 valence electrons. The van der Waals surface area contributed by atoms with Crippen molar-refractivity contribution in [1.82, 2.24) is 9.80 Å². The number of carboxylic acid groups (broad SMARTS) is 1. The fourth-order valence-corrected chi connectivity index (χ4v) is 4.29. The Labute approximate surface area is 126 Å². The molecule has 0 aliphatic heterocycles. The van der Waals surface area contributed by atoms with Crippen molar-refractivity contribution in [3.63, 3.8) is 0 Å². The molecule has 0 aromatic heterocycles. The maximum Gasteiger partial charge on any atom is 0.320 e. The molecular weight excluding hydrogens is 268 g/mol. The highest BCUT2D eigenvalue weighted by atomic mass is 16.4. The van der Waals surface area contributed by atoms with E-state index in [1.54, 1.807) is 4.90 Å². The van der Waals surface area contributed by atoms with E-state index in [0.717, 1.165) is 31.2 Å². The summed E-state index contributed by atoms with van der Waals surface area (Å²) in [5.41, 5.74) is 0. The smallest absolute Gasteiger partial charge is 0.320 e. The molecule has 0 aromatic carbocycles. The summed E-state index contributed by atoms with van der Waals surface area (Å²) in [7, 11) is 1.88. The van der Waals surface area contributed by atoms with Crippen molar-refractivity contribution >= 4 is 12.0 Å². The van der Waals surface area contributed by atoms with Crippen molar-refractivity contribution < 1.29 is 14.7 Å². The highest BCUT2D eigenvalue weighted by molar-refractivity contribution is 5.76. The maximum atomic E-state index is 12.6. The summed E-state index contributed by atoms with van der Waals surface area (Å²) < 4.78 is 0. The number of nitrogens with zero attached hydrogens (tertiary/aromatic N) is 2. The molecule has 3 aliphatic carbocycles. The van der Waals surface area contributed by atoms with Gasteiger partial charge in [0.25, 0.3) is 0 Å². The Morgan fingerprint density at radius 3 is 2.43 bits per heavy atom. The summed E-state index contributed by atoms with van der Waals surface area (Å²) in [4.78, 5) is 27.0. The Balaban J connectivity index is 1.53. The molecule has 3 aliphatic rings. The van der Waals surface area contributed by atoms with Crippen molar-refractivity contribution in [3.8, 4) is 0 Å². The van der Waals surface area contributed by atoms with Crippen LogP contribution in [0.1, 0.15) is 44.9 Å². The fraction of sp³-hybridized carbons (Fsp3) is 0.875. The van der Waals surface area contributed by atoms with Gasteiger partial charge in [-0.15, -0.1) is 0 Å². The normalized spacial score (nSPS) is 30.4. The number of aliphatic carboxylic acids is 1. The molecule has 5 nitrogen and oxygen atoms in total. The second-order valence-electron chi connectivity index (χ2n) is 7.17. The second kappa shape index (κ2) is 5.85. The number of carbonyl (C=O) groups is 2. The summed E-state index contributed by atoms with van der Waals surface area (Å²) >= 11 is 0. The molecule has 0 heterocycles. The lowest BCUT2D eigenvalue weighted by molar-refractivity contribution is -0.137. The SMILES string of the molecule is CN(CC1CC2CCC1C2)C(=O)N(CCC(=O)O)C1CC1. The van der Waals surface area contributed by atoms with E-state index >= 15 is 0 Å². The Bertz CT molecular complexity index is 422. The number of hydrogen-bond acceptors (Lipinski definition) is 2. The molecule has 3 saturated carbocycles. The van der Waals surface area contributed by atoms with Gasteiger partial charge in [-0.2, -0.15) is 0 Å². The van der Waals surface area contributed by atoms with Gasteiger partial charge in [0.15, 0.2) is 0 Å². The minimum Gasteiger partial charge on any atom is -0.481 e. The van der Waals surface area contributed by atoms with Crippen molar-refractivity contribution in [3.05, 3.63) is 0 Å². The van der Waals surface area contributed by atoms with E-state index in [2.05, 4.69) is 0 Å². The Hall–Kier alpha value is -1.26. The summed E-state index contributed by atoms with van der Waals surface area (Å²) in [5.74, 6) is 1.55. The third kappa shape index (κ3) is 3.33. The quantitative estimate of drug-likeness (QED) is 0.818. The van der Waals surface area contributed by atoms with E-state index in [1.165, 1.54) is 25.7 Å². The summed E-state index contributed by atoms with van der Waals surface area (Å²) in [6.07, 6.45) is 7.44. The first kappa shape index (κ1) is 14.7. The van der Waals surface area contributed by atoms with Crippen LogP contribution in [0, 0.1) is 17.8 Å². The van der Waals surface area contributed by atoms with Crippen molar-refractivity contribution in [2.75, 3.05) is 20.1 Å². The zero-order valence-corrected chi connectivity index (χ0v) is 12.8. The molecule has 3 atom stereocenters. The van der Waals surface area contributed by atoms with E-state index in [-0.39, 0.29) is 18.5 Å². The molecule has 2 amide bonds. The molecule has 3 fully saturated rings. The third-order valence-electron chi connectivity index (χ3n) is 5.52. The van der Waals surface area contributed by atoms with Gasteiger partial charge in [0, 0.05) is 26.2 Å². The molecule has 2 bridgehead atoms. The molecule has 5 heteroatoms. The van der Waals surface area contributed by atoms with E-state index in [9.17, 15) is 9.59 Å². The van der Waals surface area contributed by atoms with Crippen LogP contribution >= 0.6 is 0 Å². The number of fused-ring (bicyclic) bond motifs is 2. The average Bonchev–Trinajstić information content (AvgIpc) is 3.06. The maximum absolute atomic E-state index is 12.6. The van der Waals surface area contributed by atoms with E-state index < -0.39 is 5.97 Å². The van der Waals surface area contributed by atoms with Crippen LogP contribution in [0.25, 0.3) is 0 Å². The van der Waals surface area contributed by atoms with Gasteiger partial charge in [0.05, 0.1) is 6.42 Å². The van der Waals surface area contributed by atoms with Gasteiger partial charge >= 0.3 is 12.0 Å². The molecular formula is C16H26N2O3. The molecule has 21 heavy (non-hydrogen) atoms. The van der Waals surface area contributed by atoms with Crippen molar-refractivity contribution in [2.45, 2.75) is 51.0 Å². The lowest BCUT2D eigenvalue weighted by atomic mass is 9.88. The Morgan fingerprint density at radius 1 is 1.14 bits per heavy atom. The van der Waals surface area contributed by atoms with Gasteiger partial charge in [0.1, 0.15) is 0 Å². The standard InChI is InChI=1S/C16H26N2O3/c1-17(10-13-9-11-2-3-12(13)8-11)16(21)18(14-4-5-14)7-6-15(19)20/h11-14H,2-10H2,1H3,(H,19,20). The van der Waals surface area contributed by atoms with Crippen LogP contribution in [0.2, 0.25) is 0 Å². The van der Waals surface area contributed by atoms with Crippen LogP contribution < -0.4 is 0 Å². The summed E-state index contributed by atoms with van der Waals surface area (Å²) in [6.45, 7) is 1.19. The monoisotopic (exact) mass is 294 g/mol. The van der Waals surface area contributed by atoms with Gasteiger partial charge in [-0.25, -0.2) is 4.79 Å². The van der Waals surface area contributed by atoms with Crippen molar-refractivity contribution in [2.24, 2.45) is 17.8 Å². The third-order valence-corrected chi connectivity index (χ3v) is 5.52. The number of urea groups is 1. The summed E-state index contributed by atoms with van der Waals surface area (Å²) in [6, 6.07) is 0.306. The topological polar surface area (TPSA) is 60.9 Å². The fourth-order valence-electron chi connectivity index (χ4n) is 4.29. The zero-order valence-electron chi connectivity index (χ0n) is 12.8. The lowest BCUT2D eigenvalue weighted by Crippen LogP contribution is -2.45. The minimum absolute atomic E-state index is 0.0292. The highest BCUT2D eigenvalue weighted by Crippen LogP contribution is 2.48. The molecule has 0 saturated heterocycles. The summed E-state index contributed by atoms with van der Waals surface area (Å²) in [5, 5.41) is 8.83. The molecule has 3 unspecified atom stereocenters. The van der Waals surface area contributed by atoms with E-state index in [4.69, 9.17) is 5.11 Å². The first-order chi connectivity index (χ1) is 10.0. The minimum atomic E-state index is -0.829. The predicted octanol–water partition coefficient (Wildman–Crippen LogP) is 2.41. The molecule has 0 spiro atoms. The van der Waals surface area contributed by atoms with Crippen LogP contribution in [-0.2, 0) is 4.79 Å². The Morgan fingerprint density at radius 2 is 1.90 bits per heavy atom. The number of carbonyl (C=O) groups excluding carboxylic acids is 1. The Kier molecular flexibility index (Phi) is 4.09. The number of carboxylic acids is 1. The largest absolute Gasteiger partial charge is 0.481 e. The van der Waals surface area contributed by atoms with Gasteiger partial charge in [0.2, 0.25) is 0 Å². The second-order valence-corrected chi connectivity index (χ2v) is 7.17. The molecule has 1 N–H and O–H groups in total. The number of rotatable bonds is 6. The van der Waals surface area contributed by atoms with Crippen LogP contribution in [0.5, 0.6) is 0 Å². The lowest BCUT2D eigenvalue weighted by Gasteiger charge is -2.32.